The molecule has 0 amide bonds. The topological polar surface area (TPSA) is 225 Å². The predicted molar refractivity (Wildman–Crippen MR) is 169 cm³/mol. The molecule has 0 spiro atoms. The molecule has 0 heterocycles. The third kappa shape index (κ3) is 30.4. The van der Waals surface area contributed by atoms with Crippen molar-refractivity contribution in [1.29, 1.82) is 0 Å². The van der Waals surface area contributed by atoms with Gasteiger partial charge in [0.05, 0.1) is 11.1 Å². The SMILES string of the molecule is C=C(C)C(=O)O.C=C(C)C(=O)O.C=C(C)C(=O)O.C=CCOC(=O)c1ccccc1C(=O)OCC=C.OCCCC(CO)CO. The first-order chi connectivity index (χ1) is 21.0. The fourth-order valence-electron chi connectivity index (χ4n) is 1.88. The highest BCUT2D eigenvalue weighted by Gasteiger charge is 2.18. The second-order valence-electron chi connectivity index (χ2n) is 8.67. The largest absolute Gasteiger partial charge is 0.478 e. The molecule has 0 fully saturated rings. The number of carbonyl (C=O) groups excluding carboxylic acids is 2. The fraction of sp³-hybridized carbons (Fsp3) is 0.344. The van der Waals surface area contributed by atoms with E-state index < -0.39 is 29.8 Å². The van der Waals surface area contributed by atoms with Crippen LogP contribution in [0.1, 0.15) is 54.3 Å². The number of benzene rings is 1. The van der Waals surface area contributed by atoms with E-state index in [9.17, 15) is 24.0 Å². The minimum atomic E-state index is -0.935. The van der Waals surface area contributed by atoms with E-state index in [1.54, 1.807) is 12.1 Å². The first kappa shape index (κ1) is 47.1. The van der Waals surface area contributed by atoms with Crippen LogP contribution < -0.4 is 0 Å². The Morgan fingerprint density at radius 2 is 0.978 bits per heavy atom. The molecule has 13 nitrogen and oxygen atoms in total. The normalized spacial score (nSPS) is 8.87. The molecule has 0 unspecified atom stereocenters. The molecule has 45 heavy (non-hydrogen) atoms. The van der Waals surface area contributed by atoms with E-state index in [0.29, 0.717) is 12.8 Å². The number of esters is 2. The Morgan fingerprint density at radius 1 is 0.689 bits per heavy atom. The smallest absolute Gasteiger partial charge is 0.339 e. The van der Waals surface area contributed by atoms with E-state index in [2.05, 4.69) is 32.9 Å². The number of rotatable bonds is 14. The van der Waals surface area contributed by atoms with Gasteiger partial charge in [-0.3, -0.25) is 0 Å². The van der Waals surface area contributed by atoms with Gasteiger partial charge in [-0.2, -0.15) is 0 Å². The second kappa shape index (κ2) is 30.6. The molecule has 0 aromatic heterocycles. The van der Waals surface area contributed by atoms with Crippen LogP contribution in [0.3, 0.4) is 0 Å². The number of aliphatic hydroxyl groups is 3. The first-order valence-corrected chi connectivity index (χ1v) is 13.1. The molecule has 0 bridgehead atoms. The van der Waals surface area contributed by atoms with Crippen LogP contribution in [0.5, 0.6) is 0 Å². The van der Waals surface area contributed by atoms with Crippen LogP contribution in [0.4, 0.5) is 0 Å². The summed E-state index contributed by atoms with van der Waals surface area (Å²) in [6.07, 6.45) is 4.27. The Bertz CT molecular complexity index is 980. The van der Waals surface area contributed by atoms with Gasteiger partial charge in [0.2, 0.25) is 0 Å². The molecule has 1 rings (SSSR count). The quantitative estimate of drug-likeness (QED) is 0.0973. The first-order valence-electron chi connectivity index (χ1n) is 13.1. The zero-order valence-electron chi connectivity index (χ0n) is 26.1. The van der Waals surface area contributed by atoms with Gasteiger partial charge >= 0.3 is 29.8 Å². The Kier molecular flexibility index (Phi) is 32.0. The average Bonchev–Trinajstić information content (AvgIpc) is 3.00. The van der Waals surface area contributed by atoms with E-state index in [1.807, 2.05) is 0 Å². The van der Waals surface area contributed by atoms with Gasteiger partial charge in [0.25, 0.3) is 0 Å². The Morgan fingerprint density at radius 3 is 1.18 bits per heavy atom. The second-order valence-corrected chi connectivity index (χ2v) is 8.67. The Labute approximate surface area is 263 Å². The highest BCUT2D eigenvalue weighted by Crippen LogP contribution is 2.12. The molecule has 0 atom stereocenters. The number of aliphatic carboxylic acids is 3. The summed E-state index contributed by atoms with van der Waals surface area (Å²) in [6, 6.07) is 6.31. The van der Waals surface area contributed by atoms with Gasteiger partial charge in [0, 0.05) is 42.5 Å². The summed E-state index contributed by atoms with van der Waals surface area (Å²) in [7, 11) is 0. The van der Waals surface area contributed by atoms with Crippen molar-refractivity contribution < 1.29 is 64.1 Å². The molecule has 1 aromatic rings. The van der Waals surface area contributed by atoms with Crippen molar-refractivity contribution >= 4 is 29.8 Å². The van der Waals surface area contributed by atoms with Crippen LogP contribution in [-0.2, 0) is 23.9 Å². The summed E-state index contributed by atoms with van der Waals surface area (Å²) in [6.45, 7) is 21.0. The van der Waals surface area contributed by atoms with Gasteiger partial charge in [0.1, 0.15) is 13.2 Å². The molecule has 0 radical (unpaired) electrons. The maximum Gasteiger partial charge on any atom is 0.339 e. The lowest BCUT2D eigenvalue weighted by Crippen LogP contribution is -2.14. The number of carbonyl (C=O) groups is 5. The van der Waals surface area contributed by atoms with Crippen LogP contribution in [0.15, 0.2) is 86.0 Å². The van der Waals surface area contributed by atoms with Crippen LogP contribution in [-0.4, -0.2) is 93.5 Å². The standard InChI is InChI=1S/C14H14O4.C6H14O3.3C4H6O2/c1-3-9-17-13(15)11-7-5-6-8-12(11)14(16)18-10-4-2;7-3-1-2-6(4-8)5-9;3*1-3(2)4(5)6/h3-8H,1-2,9-10H2;6-9H,1-5H2;3*1H2,2H3,(H,5,6). The lowest BCUT2D eigenvalue weighted by molar-refractivity contribution is -0.133. The fourth-order valence-corrected chi connectivity index (χ4v) is 1.88. The summed E-state index contributed by atoms with van der Waals surface area (Å²) in [5.41, 5.74) is 0.877. The van der Waals surface area contributed by atoms with Crippen molar-refractivity contribution in [2.45, 2.75) is 33.6 Å². The van der Waals surface area contributed by atoms with E-state index >= 15 is 0 Å². The van der Waals surface area contributed by atoms with E-state index in [4.69, 9.17) is 40.1 Å². The Balaban J connectivity index is -0.000000261. The summed E-state index contributed by atoms with van der Waals surface area (Å²) in [5.74, 6) is -4.01. The third-order valence-electron chi connectivity index (χ3n) is 4.41. The maximum atomic E-state index is 11.7. The van der Waals surface area contributed by atoms with Gasteiger partial charge in [-0.25, -0.2) is 24.0 Å². The van der Waals surface area contributed by atoms with E-state index in [0.717, 1.165) is 0 Å². The highest BCUT2D eigenvalue weighted by molar-refractivity contribution is 6.03. The summed E-state index contributed by atoms with van der Waals surface area (Å²) >= 11 is 0. The van der Waals surface area contributed by atoms with E-state index in [1.165, 1.54) is 45.1 Å². The maximum absolute atomic E-state index is 11.7. The summed E-state index contributed by atoms with van der Waals surface area (Å²) in [4.78, 5) is 52.2. The van der Waals surface area contributed by atoms with E-state index in [-0.39, 0.29) is 66.8 Å². The van der Waals surface area contributed by atoms with Crippen LogP contribution >= 0.6 is 0 Å². The molecular weight excluding hydrogens is 592 g/mol. The van der Waals surface area contributed by atoms with Crippen LogP contribution in [0, 0.1) is 5.92 Å². The molecule has 0 aliphatic rings. The van der Waals surface area contributed by atoms with Crippen molar-refractivity contribution in [3.8, 4) is 0 Å². The molecule has 1 aromatic carbocycles. The monoisotopic (exact) mass is 638 g/mol. The van der Waals surface area contributed by atoms with Crippen molar-refractivity contribution in [2.24, 2.45) is 5.92 Å². The average molecular weight is 639 g/mol. The molecule has 13 heteroatoms. The predicted octanol–water partition coefficient (Wildman–Crippen LogP) is 3.67. The van der Waals surface area contributed by atoms with Gasteiger partial charge in [-0.15, -0.1) is 0 Å². The highest BCUT2D eigenvalue weighted by atomic mass is 16.5. The van der Waals surface area contributed by atoms with Gasteiger partial charge in [-0.1, -0.05) is 57.2 Å². The number of aliphatic hydroxyl groups excluding tert-OH is 3. The minimum Gasteiger partial charge on any atom is -0.478 e. The molecular formula is C32H46O13. The number of carboxylic acid groups (broad SMARTS) is 3. The molecule has 6 N–H and O–H groups in total. The number of carboxylic acids is 3. The van der Waals surface area contributed by atoms with Crippen molar-refractivity contribution in [1.82, 2.24) is 0 Å². The van der Waals surface area contributed by atoms with Crippen LogP contribution in [0.25, 0.3) is 0 Å². The minimum absolute atomic E-state index is 0.0104. The molecule has 252 valence electrons. The third-order valence-corrected chi connectivity index (χ3v) is 4.41. The lowest BCUT2D eigenvalue weighted by atomic mass is 10.1. The summed E-state index contributed by atoms with van der Waals surface area (Å²) in [5, 5.41) is 49.0. The van der Waals surface area contributed by atoms with Gasteiger partial charge in [0.15, 0.2) is 0 Å². The number of hydrogen-bond donors (Lipinski definition) is 6. The molecule has 0 saturated heterocycles. The van der Waals surface area contributed by atoms with Crippen molar-refractivity contribution in [3.63, 3.8) is 0 Å². The number of hydrogen-bond acceptors (Lipinski definition) is 10. The number of ether oxygens (including phenoxy) is 2. The van der Waals surface area contributed by atoms with Gasteiger partial charge in [-0.05, 0) is 45.7 Å². The zero-order valence-corrected chi connectivity index (χ0v) is 26.1. The van der Waals surface area contributed by atoms with Crippen molar-refractivity contribution in [2.75, 3.05) is 33.0 Å². The molecule has 0 aliphatic heterocycles. The van der Waals surface area contributed by atoms with Crippen LogP contribution in [0.2, 0.25) is 0 Å². The lowest BCUT2D eigenvalue weighted by Gasteiger charge is -2.07. The Hall–Kier alpha value is -4.85. The summed E-state index contributed by atoms with van der Waals surface area (Å²) < 4.78 is 9.78. The zero-order chi connectivity index (χ0) is 36.0. The van der Waals surface area contributed by atoms with Gasteiger partial charge < -0.3 is 40.1 Å². The molecule has 0 aliphatic carbocycles. The molecule has 0 saturated carbocycles. The van der Waals surface area contributed by atoms with Crippen molar-refractivity contribution in [3.05, 3.63) is 97.2 Å².